The van der Waals surface area contributed by atoms with Crippen LogP contribution in [0.15, 0.2) is 0 Å². The number of carboxylic acid groups (broad SMARTS) is 2. The molecule has 0 saturated carbocycles. The molecular formula is C2H8BaO8. The fourth-order valence-corrected chi connectivity index (χ4v) is 0. The summed E-state index contributed by atoms with van der Waals surface area (Å²) in [5.74, 6) is -4.37. The molecule has 0 unspecified atom stereocenters. The molecule has 0 aromatic heterocycles. The summed E-state index contributed by atoms with van der Waals surface area (Å²) in [5.41, 5.74) is 0. The molecule has 11 heavy (non-hydrogen) atoms. The Bertz CT molecular complexity index is 78.1. The number of hydrogen-bond acceptors (Lipinski definition) is 4. The second-order valence-electron chi connectivity index (χ2n) is 0.575. The first-order chi connectivity index (χ1) is 2.64. The van der Waals surface area contributed by atoms with Crippen LogP contribution in [0.5, 0.6) is 0 Å². The molecular weight excluding hydrogens is 289 g/mol. The summed E-state index contributed by atoms with van der Waals surface area (Å²) in [6.45, 7) is 0. The minimum Gasteiger partial charge on any atom is -0.543 e. The van der Waals surface area contributed by atoms with Gasteiger partial charge in [-0.05, 0) is 0 Å². The van der Waals surface area contributed by atoms with E-state index in [4.69, 9.17) is 19.8 Å². The quantitative estimate of drug-likeness (QED) is 0.315. The van der Waals surface area contributed by atoms with Crippen LogP contribution in [0.3, 0.4) is 0 Å². The zero-order valence-corrected chi connectivity index (χ0v) is 9.78. The summed E-state index contributed by atoms with van der Waals surface area (Å²) in [4.78, 5) is 17.9. The van der Waals surface area contributed by atoms with Crippen molar-refractivity contribution in [2.75, 3.05) is 0 Å². The molecule has 0 saturated heterocycles. The summed E-state index contributed by atoms with van der Waals surface area (Å²) in [7, 11) is 0. The molecule has 0 aliphatic rings. The molecule has 0 aromatic carbocycles. The standard InChI is InChI=1S/C2H2O4.Ba.4H2O/c3-1(4)2(5)6;;;;;/h(H,3,4)(H,5,6);;4*1H2/q;+2;;;;/p-2. The third-order valence-electron chi connectivity index (χ3n) is 0.167. The van der Waals surface area contributed by atoms with Crippen LogP contribution in [0.25, 0.3) is 0 Å². The Labute approximate surface area is 102 Å². The van der Waals surface area contributed by atoms with Crippen LogP contribution in [0.2, 0.25) is 0 Å². The van der Waals surface area contributed by atoms with Crippen LogP contribution >= 0.6 is 0 Å². The molecule has 0 bridgehead atoms. The van der Waals surface area contributed by atoms with E-state index in [1.165, 1.54) is 0 Å². The maximum Gasteiger partial charge on any atom is 2.00 e. The summed E-state index contributed by atoms with van der Waals surface area (Å²) in [6, 6.07) is 0. The smallest absolute Gasteiger partial charge is 0.543 e. The second kappa shape index (κ2) is 22.4. The molecule has 9 heteroatoms. The van der Waals surface area contributed by atoms with Gasteiger partial charge in [0.05, 0.1) is 11.9 Å². The first kappa shape index (κ1) is 42.5. The summed E-state index contributed by atoms with van der Waals surface area (Å²) < 4.78 is 0. The van der Waals surface area contributed by atoms with Crippen LogP contribution < -0.4 is 10.2 Å². The largest absolute Gasteiger partial charge is 2.00 e. The minimum absolute atomic E-state index is 0. The van der Waals surface area contributed by atoms with Crippen LogP contribution in [0.1, 0.15) is 0 Å². The van der Waals surface area contributed by atoms with Gasteiger partial charge >= 0.3 is 48.9 Å². The van der Waals surface area contributed by atoms with Crippen molar-refractivity contribution in [2.24, 2.45) is 0 Å². The molecule has 0 rings (SSSR count). The number of carbonyl (C=O) groups is 2. The van der Waals surface area contributed by atoms with Crippen molar-refractivity contribution in [1.29, 1.82) is 0 Å². The normalized spacial score (nSPS) is 4.00. The third-order valence-corrected chi connectivity index (χ3v) is 0.167. The number of hydrogen-bond donors (Lipinski definition) is 0. The second-order valence-corrected chi connectivity index (χ2v) is 0.575. The number of carboxylic acids is 2. The molecule has 8 N–H and O–H groups in total. The van der Waals surface area contributed by atoms with E-state index in [0.717, 1.165) is 0 Å². The van der Waals surface area contributed by atoms with Crippen molar-refractivity contribution in [3.63, 3.8) is 0 Å². The van der Waals surface area contributed by atoms with E-state index in [2.05, 4.69) is 0 Å². The number of carbonyl (C=O) groups excluding carboxylic acids is 2. The van der Waals surface area contributed by atoms with E-state index in [9.17, 15) is 0 Å². The van der Waals surface area contributed by atoms with Gasteiger partial charge in [0.15, 0.2) is 0 Å². The molecule has 0 aromatic rings. The Morgan fingerprint density at radius 3 is 0.818 bits per heavy atom. The van der Waals surface area contributed by atoms with Gasteiger partial charge in [-0.2, -0.15) is 0 Å². The van der Waals surface area contributed by atoms with Gasteiger partial charge in [0, 0.05) is 0 Å². The minimum atomic E-state index is -2.19. The van der Waals surface area contributed by atoms with E-state index < -0.39 is 11.9 Å². The van der Waals surface area contributed by atoms with Crippen molar-refractivity contribution < 1.29 is 41.7 Å². The van der Waals surface area contributed by atoms with Crippen LogP contribution in [0.4, 0.5) is 0 Å². The van der Waals surface area contributed by atoms with Gasteiger partial charge in [-0.15, -0.1) is 0 Å². The number of rotatable bonds is 0. The first-order valence-corrected chi connectivity index (χ1v) is 1.07. The molecule has 0 spiro atoms. The van der Waals surface area contributed by atoms with E-state index in [-0.39, 0.29) is 70.8 Å². The zero-order chi connectivity index (χ0) is 5.15. The van der Waals surface area contributed by atoms with Gasteiger partial charge in [-0.1, -0.05) is 0 Å². The average molecular weight is 297 g/mol. The Balaban J connectivity index is -0.0000000125. The van der Waals surface area contributed by atoms with Crippen molar-refractivity contribution >= 4 is 60.8 Å². The molecule has 0 heterocycles. The Morgan fingerprint density at radius 1 is 0.727 bits per heavy atom. The molecule has 0 aliphatic heterocycles. The van der Waals surface area contributed by atoms with Crippen molar-refractivity contribution in [3.8, 4) is 0 Å². The first-order valence-electron chi connectivity index (χ1n) is 1.07. The predicted octanol–water partition coefficient (Wildman–Crippen LogP) is -7.19. The van der Waals surface area contributed by atoms with E-state index in [1.807, 2.05) is 0 Å². The molecule has 0 atom stereocenters. The molecule has 0 amide bonds. The fourth-order valence-electron chi connectivity index (χ4n) is 0. The van der Waals surface area contributed by atoms with Gasteiger partial charge in [0.2, 0.25) is 0 Å². The third kappa shape index (κ3) is 38.1. The Hall–Kier alpha value is 0.351. The van der Waals surface area contributed by atoms with Gasteiger partial charge in [-0.3, -0.25) is 0 Å². The van der Waals surface area contributed by atoms with E-state index >= 15 is 0 Å². The summed E-state index contributed by atoms with van der Waals surface area (Å²) in [5, 5.41) is 17.9. The number of aliphatic carboxylic acids is 2. The van der Waals surface area contributed by atoms with Crippen molar-refractivity contribution in [3.05, 3.63) is 0 Å². The Morgan fingerprint density at radius 2 is 0.818 bits per heavy atom. The SMILES string of the molecule is O.O.O.O.O=C([O-])C(=O)[O-].[Ba+2]. The van der Waals surface area contributed by atoms with Crippen LogP contribution in [-0.4, -0.2) is 82.7 Å². The monoisotopic (exact) mass is 298 g/mol. The van der Waals surface area contributed by atoms with Crippen LogP contribution in [0, 0.1) is 0 Å². The van der Waals surface area contributed by atoms with Crippen molar-refractivity contribution in [2.45, 2.75) is 0 Å². The molecule has 0 fully saturated rings. The fraction of sp³-hybridized carbons (Fsp3) is 0. The molecule has 0 radical (unpaired) electrons. The molecule has 8 nitrogen and oxygen atoms in total. The summed E-state index contributed by atoms with van der Waals surface area (Å²) >= 11 is 0. The zero-order valence-electron chi connectivity index (χ0n) is 5.34. The average Bonchev–Trinajstić information content (AvgIpc) is 1.36. The van der Waals surface area contributed by atoms with Gasteiger partial charge in [-0.25, -0.2) is 0 Å². The van der Waals surface area contributed by atoms with Gasteiger partial charge in [0.1, 0.15) is 0 Å². The maximum atomic E-state index is 8.93. The van der Waals surface area contributed by atoms with Crippen LogP contribution in [-0.2, 0) is 9.59 Å². The molecule has 0 aliphatic carbocycles. The topological polar surface area (TPSA) is 206 Å². The summed E-state index contributed by atoms with van der Waals surface area (Å²) in [6.07, 6.45) is 0. The maximum absolute atomic E-state index is 8.93. The Kier molecular flexibility index (Phi) is 86.6. The van der Waals surface area contributed by atoms with E-state index in [0.29, 0.717) is 0 Å². The van der Waals surface area contributed by atoms with Gasteiger partial charge < -0.3 is 41.7 Å². The van der Waals surface area contributed by atoms with Gasteiger partial charge in [0.25, 0.3) is 0 Å². The van der Waals surface area contributed by atoms with Crippen molar-refractivity contribution in [1.82, 2.24) is 0 Å². The predicted molar refractivity (Wildman–Crippen MR) is 30.2 cm³/mol. The molecule has 66 valence electrons. The van der Waals surface area contributed by atoms with E-state index in [1.54, 1.807) is 0 Å².